The maximum Gasteiger partial charge on any atom is 0.264 e. The molecule has 0 aliphatic carbocycles. The van der Waals surface area contributed by atoms with Crippen LogP contribution < -0.4 is 10.1 Å². The first-order valence-electron chi connectivity index (χ1n) is 12.0. The minimum Gasteiger partial charge on any atom is -0.460 e. The highest BCUT2D eigenvalue weighted by Gasteiger charge is 2.40. The fourth-order valence-electron chi connectivity index (χ4n) is 5.01. The molecule has 5 rings (SSSR count). The summed E-state index contributed by atoms with van der Waals surface area (Å²) < 4.78 is 18.4. The van der Waals surface area contributed by atoms with E-state index in [1.165, 1.54) is 11.3 Å². The van der Waals surface area contributed by atoms with Crippen LogP contribution in [0.2, 0.25) is 0 Å². The molecule has 0 saturated carbocycles. The zero-order chi connectivity index (χ0) is 25.4. The Morgan fingerprint density at radius 3 is 2.86 bits per heavy atom. The lowest BCUT2D eigenvalue weighted by Crippen LogP contribution is -2.47. The predicted octanol–water partition coefficient (Wildman–Crippen LogP) is 5.40. The van der Waals surface area contributed by atoms with Crippen LogP contribution in [0.25, 0.3) is 21.2 Å². The van der Waals surface area contributed by atoms with E-state index in [2.05, 4.69) is 17.2 Å². The molecule has 1 unspecified atom stereocenters. The monoisotopic (exact) mass is 507 g/mol. The number of rotatable bonds is 7. The van der Waals surface area contributed by atoms with Crippen molar-refractivity contribution in [2.45, 2.75) is 38.6 Å². The van der Waals surface area contributed by atoms with Crippen molar-refractivity contribution < 1.29 is 23.5 Å². The molecule has 1 aliphatic rings. The lowest BCUT2D eigenvalue weighted by atomic mass is 10.00. The maximum absolute atomic E-state index is 13.4. The molecule has 4 heterocycles. The topological polar surface area (TPSA) is 93.9 Å². The predicted molar refractivity (Wildman–Crippen MR) is 139 cm³/mol. The van der Waals surface area contributed by atoms with Crippen molar-refractivity contribution >= 4 is 44.3 Å². The van der Waals surface area contributed by atoms with Gasteiger partial charge in [0.2, 0.25) is 0 Å². The molecular formula is C27H29N3O5S. The number of aryl methyl sites for hydroxylation is 1. The lowest BCUT2D eigenvalue weighted by molar-refractivity contribution is 0.0370. The molecule has 1 fully saturated rings. The quantitative estimate of drug-likeness (QED) is 0.360. The third kappa shape index (κ3) is 4.12. The number of amides is 2. The Hall–Kier alpha value is -3.43. The molecular weight excluding hydrogens is 478 g/mol. The van der Waals surface area contributed by atoms with E-state index in [-0.39, 0.29) is 17.4 Å². The molecule has 8 nitrogen and oxygen atoms in total. The molecule has 1 aliphatic heterocycles. The summed E-state index contributed by atoms with van der Waals surface area (Å²) in [6, 6.07) is 9.06. The van der Waals surface area contributed by atoms with Gasteiger partial charge in [0, 0.05) is 50.8 Å². The first kappa shape index (κ1) is 24.3. The van der Waals surface area contributed by atoms with Gasteiger partial charge in [-0.15, -0.1) is 11.3 Å². The van der Waals surface area contributed by atoms with E-state index in [1.54, 1.807) is 32.5 Å². The van der Waals surface area contributed by atoms with E-state index in [0.29, 0.717) is 58.4 Å². The zero-order valence-corrected chi connectivity index (χ0v) is 21.7. The molecule has 1 aromatic carbocycles. The van der Waals surface area contributed by atoms with E-state index in [0.717, 1.165) is 22.9 Å². The van der Waals surface area contributed by atoms with Gasteiger partial charge in [-0.2, -0.15) is 0 Å². The van der Waals surface area contributed by atoms with Crippen molar-refractivity contribution in [2.24, 2.45) is 0 Å². The number of thiophene rings is 1. The van der Waals surface area contributed by atoms with Crippen LogP contribution >= 0.6 is 11.3 Å². The first-order chi connectivity index (χ1) is 17.4. The zero-order valence-electron chi connectivity index (χ0n) is 20.8. The summed E-state index contributed by atoms with van der Waals surface area (Å²) in [7, 11) is 3.27. The normalized spacial score (nSPS) is 17.7. The molecule has 9 heteroatoms. The van der Waals surface area contributed by atoms with Crippen LogP contribution in [0, 0.1) is 0 Å². The van der Waals surface area contributed by atoms with Gasteiger partial charge in [-0.05, 0) is 38.0 Å². The Bertz CT molecular complexity index is 1460. The highest BCUT2D eigenvalue weighted by molar-refractivity contribution is 7.21. The first-order valence-corrected chi connectivity index (χ1v) is 12.8. The summed E-state index contributed by atoms with van der Waals surface area (Å²) in [5, 5.41) is 3.42. The third-order valence-corrected chi connectivity index (χ3v) is 7.90. The molecule has 0 radical (unpaired) electrons. The van der Waals surface area contributed by atoms with E-state index in [9.17, 15) is 9.59 Å². The molecule has 0 spiro atoms. The number of benzene rings is 1. The largest absolute Gasteiger partial charge is 0.460 e. The lowest BCUT2D eigenvalue weighted by Gasteiger charge is -2.34. The van der Waals surface area contributed by atoms with Crippen LogP contribution in [-0.4, -0.2) is 54.5 Å². The summed E-state index contributed by atoms with van der Waals surface area (Å²) in [6.45, 7) is 5.24. The highest BCUT2D eigenvalue weighted by Crippen LogP contribution is 2.39. The van der Waals surface area contributed by atoms with Gasteiger partial charge in [0.25, 0.3) is 11.8 Å². The number of carbonyl (C=O) groups excluding carboxylic acids is 2. The molecule has 1 atom stereocenters. The van der Waals surface area contributed by atoms with Crippen LogP contribution in [0.1, 0.15) is 52.5 Å². The van der Waals surface area contributed by atoms with Crippen molar-refractivity contribution in [3.05, 3.63) is 52.7 Å². The van der Waals surface area contributed by atoms with Crippen molar-refractivity contribution in [1.29, 1.82) is 0 Å². The number of aromatic nitrogens is 1. The van der Waals surface area contributed by atoms with Crippen LogP contribution in [0.5, 0.6) is 11.5 Å². The molecule has 1 N–H and O–H groups in total. The summed E-state index contributed by atoms with van der Waals surface area (Å²) in [6.07, 6.45) is 4.15. The number of carbonyl (C=O) groups is 2. The second-order valence-electron chi connectivity index (χ2n) is 9.22. The molecule has 3 aromatic heterocycles. The van der Waals surface area contributed by atoms with Gasteiger partial charge < -0.3 is 24.1 Å². The number of ether oxygens (including phenoxy) is 2. The standard InChI is InChI=1S/C27H29N3O5S/c1-5-19-23(25(31)28-3)17-8-7-16(13-21(17)35-19)34-20-9-11-29-18-14-22(36-24(18)20)26(32)30-12-6-10-27(30,2)15-33-4/h7-9,11,13-14H,5-6,10,12,15H2,1-4H3,(H,28,31). The molecule has 0 bridgehead atoms. The van der Waals surface area contributed by atoms with Gasteiger partial charge in [0.05, 0.1) is 32.8 Å². The van der Waals surface area contributed by atoms with E-state index in [4.69, 9.17) is 13.9 Å². The fourth-order valence-corrected chi connectivity index (χ4v) is 6.02. The smallest absolute Gasteiger partial charge is 0.264 e. The number of hydrogen-bond donors (Lipinski definition) is 1. The minimum absolute atomic E-state index is 0.00756. The Morgan fingerprint density at radius 2 is 2.11 bits per heavy atom. The maximum atomic E-state index is 13.4. The van der Waals surface area contributed by atoms with Crippen molar-refractivity contribution in [3.63, 3.8) is 0 Å². The van der Waals surface area contributed by atoms with Crippen molar-refractivity contribution in [3.8, 4) is 11.5 Å². The van der Waals surface area contributed by atoms with Gasteiger partial charge in [-0.3, -0.25) is 14.6 Å². The molecule has 36 heavy (non-hydrogen) atoms. The number of nitrogens with one attached hydrogen (secondary N) is 1. The Morgan fingerprint density at radius 1 is 1.28 bits per heavy atom. The van der Waals surface area contributed by atoms with Crippen LogP contribution in [-0.2, 0) is 11.2 Å². The second-order valence-corrected chi connectivity index (χ2v) is 10.3. The summed E-state index contributed by atoms with van der Waals surface area (Å²) >= 11 is 1.38. The van der Waals surface area contributed by atoms with Gasteiger partial charge in [0.15, 0.2) is 0 Å². The van der Waals surface area contributed by atoms with E-state index in [1.807, 2.05) is 30.0 Å². The molecule has 2 amide bonds. The number of nitrogens with zero attached hydrogens (tertiary/aromatic N) is 2. The molecule has 1 saturated heterocycles. The van der Waals surface area contributed by atoms with Gasteiger partial charge in [-0.25, -0.2) is 0 Å². The summed E-state index contributed by atoms with van der Waals surface area (Å²) in [5.74, 6) is 1.63. The van der Waals surface area contributed by atoms with Crippen LogP contribution in [0.4, 0.5) is 0 Å². The Kier molecular flexibility index (Phi) is 6.44. The minimum atomic E-state index is -0.307. The van der Waals surface area contributed by atoms with Crippen LogP contribution in [0.3, 0.4) is 0 Å². The number of hydrogen-bond acceptors (Lipinski definition) is 7. The van der Waals surface area contributed by atoms with Crippen LogP contribution in [0.15, 0.2) is 40.9 Å². The Labute approximate surface area is 213 Å². The average molecular weight is 508 g/mol. The van der Waals surface area contributed by atoms with Gasteiger partial charge in [-0.1, -0.05) is 6.92 Å². The number of furan rings is 1. The Balaban J connectivity index is 1.46. The SMILES string of the molecule is CCc1oc2cc(Oc3ccnc4cc(C(=O)N5CCCC5(C)COC)sc34)ccc2c1C(=O)NC. The van der Waals surface area contributed by atoms with E-state index >= 15 is 0 Å². The van der Waals surface area contributed by atoms with Gasteiger partial charge >= 0.3 is 0 Å². The third-order valence-electron chi connectivity index (χ3n) is 6.77. The fraction of sp³-hybridized carbons (Fsp3) is 0.370. The molecule has 4 aromatic rings. The van der Waals surface area contributed by atoms with Crippen molar-refractivity contribution in [1.82, 2.24) is 15.2 Å². The highest BCUT2D eigenvalue weighted by atomic mass is 32.1. The summed E-state index contributed by atoms with van der Waals surface area (Å²) in [5.41, 5.74) is 1.54. The second kappa shape index (κ2) is 9.55. The molecule has 188 valence electrons. The van der Waals surface area contributed by atoms with E-state index < -0.39 is 0 Å². The number of fused-ring (bicyclic) bond motifs is 2. The summed E-state index contributed by atoms with van der Waals surface area (Å²) in [4.78, 5) is 32.8. The van der Waals surface area contributed by atoms with Gasteiger partial charge in [0.1, 0.15) is 22.8 Å². The number of pyridine rings is 1. The van der Waals surface area contributed by atoms with Crippen molar-refractivity contribution in [2.75, 3.05) is 27.3 Å². The number of methoxy groups -OCH3 is 1. The average Bonchev–Trinajstić information content (AvgIpc) is 3.58. The number of likely N-dealkylation sites (tertiary alicyclic amines) is 1.